The zero-order chi connectivity index (χ0) is 18.1. The Bertz CT molecular complexity index is 565. The lowest BCUT2D eigenvalue weighted by Crippen LogP contribution is -2.44. The molecule has 6 heteroatoms. The van der Waals surface area contributed by atoms with Crippen LogP contribution >= 0.6 is 24.0 Å². The van der Waals surface area contributed by atoms with Gasteiger partial charge in [-0.05, 0) is 57.3 Å². The van der Waals surface area contributed by atoms with Crippen molar-refractivity contribution in [2.45, 2.75) is 40.2 Å². The number of aliphatic imine (C=N–C) groups is 1. The summed E-state index contributed by atoms with van der Waals surface area (Å²) in [5.74, 6) is 2.51. The SMILES string of the molecule is CCOc1cc(C)ccc1CNC(=NC)NCC1CCCN(CC)C1.I. The molecule has 1 fully saturated rings. The summed E-state index contributed by atoms with van der Waals surface area (Å²) in [5, 5.41) is 6.90. The molecule has 0 spiro atoms. The van der Waals surface area contributed by atoms with Gasteiger partial charge in [-0.3, -0.25) is 4.99 Å². The summed E-state index contributed by atoms with van der Waals surface area (Å²) in [6.45, 7) is 12.3. The Labute approximate surface area is 176 Å². The summed E-state index contributed by atoms with van der Waals surface area (Å²) in [4.78, 5) is 6.89. The summed E-state index contributed by atoms with van der Waals surface area (Å²) in [7, 11) is 1.83. The smallest absolute Gasteiger partial charge is 0.191 e. The van der Waals surface area contributed by atoms with Crippen molar-refractivity contribution < 1.29 is 4.74 Å². The van der Waals surface area contributed by atoms with Crippen LogP contribution in [0.4, 0.5) is 0 Å². The molecule has 0 radical (unpaired) electrons. The average molecular weight is 474 g/mol. The van der Waals surface area contributed by atoms with Gasteiger partial charge < -0.3 is 20.3 Å². The van der Waals surface area contributed by atoms with Crippen molar-refractivity contribution >= 4 is 29.9 Å². The first-order chi connectivity index (χ1) is 12.2. The van der Waals surface area contributed by atoms with Crippen molar-refractivity contribution in [3.8, 4) is 5.75 Å². The first-order valence-corrected chi connectivity index (χ1v) is 9.55. The van der Waals surface area contributed by atoms with Gasteiger partial charge in [0.25, 0.3) is 0 Å². The number of aryl methyl sites for hydroxylation is 1. The van der Waals surface area contributed by atoms with Crippen LogP contribution < -0.4 is 15.4 Å². The highest BCUT2D eigenvalue weighted by Crippen LogP contribution is 2.20. The topological polar surface area (TPSA) is 48.9 Å². The highest BCUT2D eigenvalue weighted by molar-refractivity contribution is 14.0. The lowest BCUT2D eigenvalue weighted by atomic mass is 9.98. The average Bonchev–Trinajstić information content (AvgIpc) is 2.63. The largest absolute Gasteiger partial charge is 0.494 e. The lowest BCUT2D eigenvalue weighted by Gasteiger charge is -2.32. The number of piperidine rings is 1. The molecule has 148 valence electrons. The van der Waals surface area contributed by atoms with Gasteiger partial charge in [-0.1, -0.05) is 19.1 Å². The number of likely N-dealkylation sites (tertiary alicyclic amines) is 1. The zero-order valence-electron chi connectivity index (χ0n) is 16.7. The lowest BCUT2D eigenvalue weighted by molar-refractivity contribution is 0.183. The van der Waals surface area contributed by atoms with E-state index in [9.17, 15) is 0 Å². The Hall–Kier alpha value is -1.02. The number of ether oxygens (including phenoxy) is 1. The van der Waals surface area contributed by atoms with Gasteiger partial charge in [-0.15, -0.1) is 24.0 Å². The van der Waals surface area contributed by atoms with Crippen LogP contribution in [-0.2, 0) is 6.54 Å². The molecule has 1 aromatic rings. The third-order valence-electron chi connectivity index (χ3n) is 4.80. The van der Waals surface area contributed by atoms with Gasteiger partial charge in [0.1, 0.15) is 5.75 Å². The predicted molar refractivity (Wildman–Crippen MR) is 121 cm³/mol. The third kappa shape index (κ3) is 7.31. The molecule has 0 amide bonds. The molecule has 1 aliphatic rings. The predicted octanol–water partition coefficient (Wildman–Crippen LogP) is 3.41. The van der Waals surface area contributed by atoms with Gasteiger partial charge in [-0.25, -0.2) is 0 Å². The van der Waals surface area contributed by atoms with E-state index < -0.39 is 0 Å². The number of guanidine groups is 1. The molecule has 1 unspecified atom stereocenters. The molecule has 26 heavy (non-hydrogen) atoms. The van der Waals surface area contributed by atoms with Crippen molar-refractivity contribution in [1.82, 2.24) is 15.5 Å². The van der Waals surface area contributed by atoms with E-state index in [4.69, 9.17) is 4.74 Å². The molecule has 1 aromatic carbocycles. The van der Waals surface area contributed by atoms with Crippen molar-refractivity contribution in [2.24, 2.45) is 10.9 Å². The molecular formula is C20H35IN4O. The minimum absolute atomic E-state index is 0. The second-order valence-corrected chi connectivity index (χ2v) is 6.75. The van der Waals surface area contributed by atoms with E-state index in [2.05, 4.69) is 52.6 Å². The van der Waals surface area contributed by atoms with Crippen LogP contribution in [0, 0.1) is 12.8 Å². The summed E-state index contributed by atoms with van der Waals surface area (Å²) in [6.07, 6.45) is 2.60. The van der Waals surface area contributed by atoms with E-state index in [1.807, 2.05) is 14.0 Å². The van der Waals surface area contributed by atoms with E-state index in [1.165, 1.54) is 31.5 Å². The van der Waals surface area contributed by atoms with Gasteiger partial charge in [0.15, 0.2) is 5.96 Å². The van der Waals surface area contributed by atoms with Crippen LogP contribution in [-0.4, -0.2) is 50.7 Å². The maximum absolute atomic E-state index is 5.76. The molecule has 1 saturated heterocycles. The van der Waals surface area contributed by atoms with E-state index in [1.54, 1.807) is 0 Å². The summed E-state index contributed by atoms with van der Waals surface area (Å²) >= 11 is 0. The first-order valence-electron chi connectivity index (χ1n) is 9.55. The second kappa shape index (κ2) is 12.4. The maximum Gasteiger partial charge on any atom is 0.191 e. The van der Waals surface area contributed by atoms with E-state index in [0.29, 0.717) is 19.1 Å². The van der Waals surface area contributed by atoms with Gasteiger partial charge in [-0.2, -0.15) is 0 Å². The van der Waals surface area contributed by atoms with Gasteiger partial charge in [0.05, 0.1) is 6.61 Å². The number of nitrogens with one attached hydrogen (secondary N) is 2. The van der Waals surface area contributed by atoms with Crippen molar-refractivity contribution in [3.63, 3.8) is 0 Å². The van der Waals surface area contributed by atoms with Crippen LogP contribution in [0.15, 0.2) is 23.2 Å². The second-order valence-electron chi connectivity index (χ2n) is 6.75. The Kier molecular flexibility index (Phi) is 11.0. The number of hydrogen-bond acceptors (Lipinski definition) is 3. The summed E-state index contributed by atoms with van der Waals surface area (Å²) in [5.41, 5.74) is 2.37. The maximum atomic E-state index is 5.76. The fraction of sp³-hybridized carbons (Fsp3) is 0.650. The standard InChI is InChI=1S/C20H34N4O.HI/c1-5-24-11-7-8-17(15-24)13-22-20(21-4)23-14-18-10-9-16(3)12-19(18)25-6-2;/h9-10,12,17H,5-8,11,13-15H2,1-4H3,(H2,21,22,23);1H. The van der Waals surface area contributed by atoms with E-state index in [-0.39, 0.29) is 24.0 Å². The number of benzene rings is 1. The Morgan fingerprint density at radius 3 is 2.81 bits per heavy atom. The Morgan fingerprint density at radius 2 is 2.12 bits per heavy atom. The first kappa shape index (κ1) is 23.0. The highest BCUT2D eigenvalue weighted by atomic mass is 127. The van der Waals surface area contributed by atoms with E-state index in [0.717, 1.165) is 30.4 Å². The van der Waals surface area contributed by atoms with Crippen LogP contribution in [0.5, 0.6) is 5.75 Å². The van der Waals surface area contributed by atoms with Gasteiger partial charge in [0, 0.05) is 32.2 Å². The minimum Gasteiger partial charge on any atom is -0.494 e. The molecule has 1 aliphatic heterocycles. The molecular weight excluding hydrogens is 439 g/mol. The Balaban J connectivity index is 0.00000338. The number of rotatable bonds is 7. The molecule has 0 aromatic heterocycles. The van der Waals surface area contributed by atoms with Crippen LogP contribution in [0.25, 0.3) is 0 Å². The monoisotopic (exact) mass is 474 g/mol. The molecule has 5 nitrogen and oxygen atoms in total. The highest BCUT2D eigenvalue weighted by Gasteiger charge is 2.18. The van der Waals surface area contributed by atoms with E-state index >= 15 is 0 Å². The van der Waals surface area contributed by atoms with Crippen molar-refractivity contribution in [2.75, 3.05) is 39.8 Å². The number of hydrogen-bond donors (Lipinski definition) is 2. The van der Waals surface area contributed by atoms with Crippen molar-refractivity contribution in [1.29, 1.82) is 0 Å². The van der Waals surface area contributed by atoms with Crippen LogP contribution in [0.2, 0.25) is 0 Å². The molecule has 0 saturated carbocycles. The molecule has 2 rings (SSSR count). The number of nitrogens with zero attached hydrogens (tertiary/aromatic N) is 2. The van der Waals surface area contributed by atoms with Crippen molar-refractivity contribution in [3.05, 3.63) is 29.3 Å². The molecule has 1 heterocycles. The van der Waals surface area contributed by atoms with Gasteiger partial charge >= 0.3 is 0 Å². The fourth-order valence-corrected chi connectivity index (χ4v) is 3.34. The summed E-state index contributed by atoms with van der Waals surface area (Å²) < 4.78 is 5.76. The minimum atomic E-state index is 0. The van der Waals surface area contributed by atoms with Crippen LogP contribution in [0.1, 0.15) is 37.8 Å². The van der Waals surface area contributed by atoms with Crippen LogP contribution in [0.3, 0.4) is 0 Å². The molecule has 0 aliphatic carbocycles. The normalized spacial score (nSPS) is 18.2. The Morgan fingerprint density at radius 1 is 1.31 bits per heavy atom. The molecule has 1 atom stereocenters. The number of halogens is 1. The third-order valence-corrected chi connectivity index (χ3v) is 4.80. The molecule has 2 N–H and O–H groups in total. The van der Waals surface area contributed by atoms with Gasteiger partial charge in [0.2, 0.25) is 0 Å². The summed E-state index contributed by atoms with van der Waals surface area (Å²) in [6, 6.07) is 6.34. The quantitative estimate of drug-likeness (QED) is 0.362. The fourth-order valence-electron chi connectivity index (χ4n) is 3.34. The molecule has 0 bridgehead atoms. The zero-order valence-corrected chi connectivity index (χ0v) is 19.0.